The van der Waals surface area contributed by atoms with Crippen molar-refractivity contribution < 1.29 is 19.4 Å². The van der Waals surface area contributed by atoms with Gasteiger partial charge >= 0.3 is 5.97 Å². The standard InChI is InChI=1S/C16H20O4/c17-15(18)16(8-3-9-16)13-4-1-2-5-14(13)20-12-6-10-19-11-7-12/h1-2,4-5,12H,3,6-11H2,(H,17,18). The van der Waals surface area contributed by atoms with Gasteiger partial charge in [-0.3, -0.25) is 4.79 Å². The number of benzene rings is 1. The average molecular weight is 276 g/mol. The molecular formula is C16H20O4. The van der Waals surface area contributed by atoms with Crippen LogP contribution in [0.2, 0.25) is 0 Å². The monoisotopic (exact) mass is 276 g/mol. The van der Waals surface area contributed by atoms with E-state index in [0.717, 1.165) is 43.8 Å². The quantitative estimate of drug-likeness (QED) is 0.918. The molecule has 1 aliphatic carbocycles. The highest BCUT2D eigenvalue weighted by Crippen LogP contribution is 2.47. The Morgan fingerprint density at radius 1 is 1.25 bits per heavy atom. The smallest absolute Gasteiger partial charge is 0.314 e. The first-order valence-electron chi connectivity index (χ1n) is 7.30. The van der Waals surface area contributed by atoms with Crippen molar-refractivity contribution in [2.24, 2.45) is 0 Å². The number of rotatable bonds is 4. The third kappa shape index (κ3) is 2.29. The minimum Gasteiger partial charge on any atom is -0.490 e. The summed E-state index contributed by atoms with van der Waals surface area (Å²) in [6, 6.07) is 7.61. The molecule has 4 heteroatoms. The van der Waals surface area contributed by atoms with E-state index in [-0.39, 0.29) is 6.10 Å². The van der Waals surface area contributed by atoms with Crippen LogP contribution in [0.4, 0.5) is 0 Å². The molecule has 2 aliphatic rings. The summed E-state index contributed by atoms with van der Waals surface area (Å²) in [4.78, 5) is 11.7. The number of para-hydroxylation sites is 1. The van der Waals surface area contributed by atoms with Crippen LogP contribution in [0.5, 0.6) is 5.75 Å². The first-order chi connectivity index (χ1) is 9.72. The van der Waals surface area contributed by atoms with Crippen molar-refractivity contribution in [2.45, 2.75) is 43.6 Å². The van der Waals surface area contributed by atoms with E-state index >= 15 is 0 Å². The number of carboxylic acids is 1. The van der Waals surface area contributed by atoms with Gasteiger partial charge in [0.2, 0.25) is 0 Å². The van der Waals surface area contributed by atoms with Gasteiger partial charge in [-0.1, -0.05) is 24.6 Å². The van der Waals surface area contributed by atoms with Crippen molar-refractivity contribution in [1.82, 2.24) is 0 Å². The number of hydrogen-bond donors (Lipinski definition) is 1. The molecule has 1 saturated carbocycles. The zero-order valence-electron chi connectivity index (χ0n) is 11.5. The highest BCUT2D eigenvalue weighted by molar-refractivity contribution is 5.83. The van der Waals surface area contributed by atoms with Gasteiger partial charge in [0.15, 0.2) is 0 Å². The van der Waals surface area contributed by atoms with E-state index in [4.69, 9.17) is 9.47 Å². The molecule has 0 unspecified atom stereocenters. The van der Waals surface area contributed by atoms with Gasteiger partial charge in [-0.25, -0.2) is 0 Å². The van der Waals surface area contributed by atoms with Crippen molar-refractivity contribution in [3.05, 3.63) is 29.8 Å². The maximum absolute atomic E-state index is 11.7. The maximum Gasteiger partial charge on any atom is 0.314 e. The second kappa shape index (κ2) is 5.44. The molecule has 3 rings (SSSR count). The Kier molecular flexibility index (Phi) is 3.66. The van der Waals surface area contributed by atoms with Crippen molar-refractivity contribution in [3.8, 4) is 5.75 Å². The molecule has 1 aliphatic heterocycles. The SMILES string of the molecule is O=C(O)C1(c2ccccc2OC2CCOCC2)CCC1. The minimum atomic E-state index is -0.734. The topological polar surface area (TPSA) is 55.8 Å². The van der Waals surface area contributed by atoms with Crippen molar-refractivity contribution in [3.63, 3.8) is 0 Å². The summed E-state index contributed by atoms with van der Waals surface area (Å²) >= 11 is 0. The highest BCUT2D eigenvalue weighted by atomic mass is 16.5. The first kappa shape index (κ1) is 13.4. The molecule has 1 aromatic rings. The predicted octanol–water partition coefficient (Wildman–Crippen LogP) is 2.75. The molecule has 20 heavy (non-hydrogen) atoms. The molecule has 1 heterocycles. The van der Waals surface area contributed by atoms with E-state index in [1.807, 2.05) is 24.3 Å². The van der Waals surface area contributed by atoms with E-state index < -0.39 is 11.4 Å². The van der Waals surface area contributed by atoms with Crippen LogP contribution in [0.15, 0.2) is 24.3 Å². The van der Waals surface area contributed by atoms with Crippen molar-refractivity contribution in [2.75, 3.05) is 13.2 Å². The molecule has 0 radical (unpaired) electrons. The Morgan fingerprint density at radius 3 is 2.55 bits per heavy atom. The first-order valence-corrected chi connectivity index (χ1v) is 7.30. The summed E-state index contributed by atoms with van der Waals surface area (Å²) in [5.74, 6) is 0.00766. The van der Waals surface area contributed by atoms with Gasteiger partial charge in [-0.2, -0.15) is 0 Å². The molecule has 2 fully saturated rings. The molecule has 108 valence electrons. The summed E-state index contributed by atoms with van der Waals surface area (Å²) in [7, 11) is 0. The minimum absolute atomic E-state index is 0.135. The summed E-state index contributed by atoms with van der Waals surface area (Å²) in [5, 5.41) is 9.59. The fourth-order valence-electron chi connectivity index (χ4n) is 3.07. The van der Waals surface area contributed by atoms with E-state index in [9.17, 15) is 9.90 Å². The zero-order valence-corrected chi connectivity index (χ0v) is 11.5. The van der Waals surface area contributed by atoms with Crippen LogP contribution >= 0.6 is 0 Å². The zero-order chi connectivity index (χ0) is 14.0. The molecule has 0 spiro atoms. The summed E-state index contributed by atoms with van der Waals surface area (Å²) in [5.41, 5.74) is 0.104. The van der Waals surface area contributed by atoms with E-state index in [1.54, 1.807) is 0 Å². The molecule has 1 aromatic carbocycles. The molecule has 0 amide bonds. The van der Waals surface area contributed by atoms with Gasteiger partial charge in [0.25, 0.3) is 0 Å². The van der Waals surface area contributed by atoms with Gasteiger partial charge in [-0.05, 0) is 18.9 Å². The fraction of sp³-hybridized carbons (Fsp3) is 0.562. The van der Waals surface area contributed by atoms with Crippen LogP contribution in [0.25, 0.3) is 0 Å². The number of carbonyl (C=O) groups is 1. The molecule has 0 bridgehead atoms. The third-order valence-electron chi connectivity index (χ3n) is 4.48. The largest absolute Gasteiger partial charge is 0.490 e. The normalized spacial score (nSPS) is 22.0. The predicted molar refractivity (Wildman–Crippen MR) is 74.1 cm³/mol. The van der Waals surface area contributed by atoms with Crippen LogP contribution in [-0.2, 0) is 14.9 Å². The average Bonchev–Trinajstić information content (AvgIpc) is 2.40. The third-order valence-corrected chi connectivity index (χ3v) is 4.48. The van der Waals surface area contributed by atoms with Crippen LogP contribution in [0.1, 0.15) is 37.7 Å². The Hall–Kier alpha value is -1.55. The fourth-order valence-corrected chi connectivity index (χ4v) is 3.07. The lowest BCUT2D eigenvalue weighted by Gasteiger charge is -2.39. The number of ether oxygens (including phenoxy) is 2. The van der Waals surface area contributed by atoms with Crippen molar-refractivity contribution in [1.29, 1.82) is 0 Å². The lowest BCUT2D eigenvalue weighted by atomic mass is 9.64. The van der Waals surface area contributed by atoms with Gasteiger partial charge in [-0.15, -0.1) is 0 Å². The Bertz CT molecular complexity index is 487. The van der Waals surface area contributed by atoms with Crippen LogP contribution in [0.3, 0.4) is 0 Å². The number of carboxylic acid groups (broad SMARTS) is 1. The van der Waals surface area contributed by atoms with E-state index in [2.05, 4.69) is 0 Å². The van der Waals surface area contributed by atoms with Gasteiger partial charge in [0, 0.05) is 18.4 Å². The van der Waals surface area contributed by atoms with Crippen LogP contribution in [0, 0.1) is 0 Å². The van der Waals surface area contributed by atoms with Gasteiger partial charge in [0.1, 0.15) is 11.9 Å². The lowest BCUT2D eigenvalue weighted by molar-refractivity contribution is -0.147. The number of hydrogen-bond acceptors (Lipinski definition) is 3. The van der Waals surface area contributed by atoms with E-state index in [0.29, 0.717) is 12.8 Å². The second-order valence-electron chi connectivity index (χ2n) is 5.67. The maximum atomic E-state index is 11.7. The molecule has 4 nitrogen and oxygen atoms in total. The summed E-state index contributed by atoms with van der Waals surface area (Å²) < 4.78 is 11.4. The summed E-state index contributed by atoms with van der Waals surface area (Å²) in [6.45, 7) is 1.44. The van der Waals surface area contributed by atoms with Crippen LogP contribution in [-0.4, -0.2) is 30.4 Å². The Balaban J connectivity index is 1.86. The lowest BCUT2D eigenvalue weighted by Crippen LogP contribution is -2.42. The summed E-state index contributed by atoms with van der Waals surface area (Å²) in [6.07, 6.45) is 4.25. The molecular weight excluding hydrogens is 256 g/mol. The molecule has 0 aromatic heterocycles. The van der Waals surface area contributed by atoms with Gasteiger partial charge < -0.3 is 14.6 Å². The molecule has 1 saturated heterocycles. The highest BCUT2D eigenvalue weighted by Gasteiger charge is 2.47. The Morgan fingerprint density at radius 2 is 1.95 bits per heavy atom. The Labute approximate surface area is 118 Å². The molecule has 0 atom stereocenters. The molecule has 1 N–H and O–H groups in total. The van der Waals surface area contributed by atoms with Crippen LogP contribution < -0.4 is 4.74 Å². The second-order valence-corrected chi connectivity index (χ2v) is 5.67. The van der Waals surface area contributed by atoms with Crippen molar-refractivity contribution >= 4 is 5.97 Å². The van der Waals surface area contributed by atoms with E-state index in [1.165, 1.54) is 0 Å². The number of aliphatic carboxylic acids is 1. The van der Waals surface area contributed by atoms with Gasteiger partial charge in [0.05, 0.1) is 18.6 Å².